The zero-order valence-electron chi connectivity index (χ0n) is 22.4. The highest BCUT2D eigenvalue weighted by Gasteiger charge is 2.27. The van der Waals surface area contributed by atoms with Gasteiger partial charge >= 0.3 is 0 Å². The molecule has 0 atom stereocenters. The quantitative estimate of drug-likeness (QED) is 0.265. The van der Waals surface area contributed by atoms with Crippen molar-refractivity contribution in [1.82, 2.24) is 29.9 Å². The molecule has 0 radical (unpaired) electrons. The van der Waals surface area contributed by atoms with Gasteiger partial charge in [-0.15, -0.1) is 0 Å². The van der Waals surface area contributed by atoms with Crippen molar-refractivity contribution < 1.29 is 18.7 Å². The van der Waals surface area contributed by atoms with Crippen LogP contribution in [-0.4, -0.2) is 57.3 Å². The van der Waals surface area contributed by atoms with Gasteiger partial charge in [-0.1, -0.05) is 5.16 Å². The number of ether oxygens (including phenoxy) is 3. The average molecular weight is 517 g/mol. The normalized spacial score (nSPS) is 13.7. The molecule has 4 aromatic heterocycles. The van der Waals surface area contributed by atoms with Crippen LogP contribution in [0.5, 0.6) is 5.75 Å². The SMILES string of the molecule is COCCOCc1nc(Cc2cc(C3CC3)nn2C)c2c(n1)[nH]c1cc(-c3c(C)noc3C)c(OC)cc12. The van der Waals surface area contributed by atoms with Gasteiger partial charge in [-0.05, 0) is 44.9 Å². The fourth-order valence-corrected chi connectivity index (χ4v) is 5.13. The van der Waals surface area contributed by atoms with E-state index in [-0.39, 0.29) is 0 Å². The van der Waals surface area contributed by atoms with Gasteiger partial charge in [-0.3, -0.25) is 4.68 Å². The predicted octanol–water partition coefficient (Wildman–Crippen LogP) is 4.76. The van der Waals surface area contributed by atoms with Crippen LogP contribution in [0.3, 0.4) is 0 Å². The van der Waals surface area contributed by atoms with Gasteiger partial charge < -0.3 is 23.7 Å². The summed E-state index contributed by atoms with van der Waals surface area (Å²) in [6.45, 7) is 5.14. The maximum absolute atomic E-state index is 5.85. The van der Waals surface area contributed by atoms with Gasteiger partial charge in [0, 0.05) is 54.0 Å². The number of aromatic nitrogens is 6. The lowest BCUT2D eigenvalue weighted by Crippen LogP contribution is -2.08. The van der Waals surface area contributed by atoms with Crippen molar-refractivity contribution in [2.24, 2.45) is 7.05 Å². The molecule has 5 aromatic rings. The summed E-state index contributed by atoms with van der Waals surface area (Å²) in [4.78, 5) is 13.3. The number of H-pyrrole nitrogens is 1. The Bertz CT molecular complexity index is 1610. The Balaban J connectivity index is 1.49. The van der Waals surface area contributed by atoms with Crippen LogP contribution in [0, 0.1) is 13.8 Å². The van der Waals surface area contributed by atoms with Crippen molar-refractivity contribution in [3.05, 3.63) is 52.6 Å². The zero-order valence-corrected chi connectivity index (χ0v) is 22.4. The summed E-state index contributed by atoms with van der Waals surface area (Å²) in [7, 11) is 5.34. The molecule has 10 nitrogen and oxygen atoms in total. The Morgan fingerprint density at radius 3 is 2.66 bits per heavy atom. The number of nitrogens with one attached hydrogen (secondary N) is 1. The number of aryl methyl sites for hydroxylation is 3. The van der Waals surface area contributed by atoms with E-state index in [0.717, 1.165) is 61.7 Å². The molecule has 1 aliphatic rings. The van der Waals surface area contributed by atoms with Gasteiger partial charge in [-0.2, -0.15) is 5.10 Å². The molecular weight excluding hydrogens is 484 g/mol. The molecular formula is C28H32N6O4. The second-order valence-corrected chi connectivity index (χ2v) is 9.91. The van der Waals surface area contributed by atoms with E-state index in [0.29, 0.717) is 38.0 Å². The lowest BCUT2D eigenvalue weighted by molar-refractivity contribution is 0.0586. The van der Waals surface area contributed by atoms with Crippen LogP contribution in [0.4, 0.5) is 0 Å². The standard InChI is InChI=1S/C28H32N6O4/c1-15-26(16(2)38-33-15)20-12-22-19(13-24(20)36-5)27-23(11-18-10-21(17-6-7-17)32-34(18)3)29-25(31-28(27)30-22)14-37-9-8-35-4/h10,12-13,17H,6-9,11,14H2,1-5H3,(H,29,30,31). The van der Waals surface area contributed by atoms with E-state index in [2.05, 4.69) is 28.3 Å². The van der Waals surface area contributed by atoms with Crippen molar-refractivity contribution in [1.29, 1.82) is 0 Å². The van der Waals surface area contributed by atoms with Crippen LogP contribution in [0.1, 0.15) is 53.1 Å². The Morgan fingerprint density at radius 2 is 1.95 bits per heavy atom. The van der Waals surface area contributed by atoms with E-state index >= 15 is 0 Å². The van der Waals surface area contributed by atoms with Crippen LogP contribution in [0.15, 0.2) is 22.7 Å². The van der Waals surface area contributed by atoms with Crippen molar-refractivity contribution >= 4 is 21.9 Å². The molecule has 1 saturated carbocycles. The minimum Gasteiger partial charge on any atom is -0.496 e. The maximum Gasteiger partial charge on any atom is 0.156 e. The zero-order chi connectivity index (χ0) is 26.4. The molecule has 1 aromatic carbocycles. The molecule has 198 valence electrons. The van der Waals surface area contributed by atoms with E-state index in [1.807, 2.05) is 25.6 Å². The van der Waals surface area contributed by atoms with Crippen LogP contribution in [0.25, 0.3) is 33.1 Å². The lowest BCUT2D eigenvalue weighted by atomic mass is 10.00. The van der Waals surface area contributed by atoms with Crippen LogP contribution < -0.4 is 4.74 Å². The summed E-state index contributed by atoms with van der Waals surface area (Å²) in [6, 6.07) is 6.34. The van der Waals surface area contributed by atoms with Gasteiger partial charge in [0.1, 0.15) is 23.8 Å². The minimum atomic E-state index is 0.300. The molecule has 0 saturated heterocycles. The van der Waals surface area contributed by atoms with E-state index in [1.165, 1.54) is 18.5 Å². The number of aromatic amines is 1. The summed E-state index contributed by atoms with van der Waals surface area (Å²) < 4.78 is 24.1. The van der Waals surface area contributed by atoms with E-state index in [9.17, 15) is 0 Å². The predicted molar refractivity (Wildman–Crippen MR) is 142 cm³/mol. The largest absolute Gasteiger partial charge is 0.496 e. The highest BCUT2D eigenvalue weighted by atomic mass is 16.5. The van der Waals surface area contributed by atoms with E-state index in [1.54, 1.807) is 14.2 Å². The third-order valence-corrected chi connectivity index (χ3v) is 7.20. The molecule has 6 rings (SSSR count). The van der Waals surface area contributed by atoms with Gasteiger partial charge in [0.15, 0.2) is 5.82 Å². The summed E-state index contributed by atoms with van der Waals surface area (Å²) in [5.41, 5.74) is 7.57. The van der Waals surface area contributed by atoms with Crippen LogP contribution >= 0.6 is 0 Å². The fourth-order valence-electron chi connectivity index (χ4n) is 5.13. The molecule has 0 spiro atoms. The van der Waals surface area contributed by atoms with Crippen molar-refractivity contribution in [2.75, 3.05) is 27.4 Å². The van der Waals surface area contributed by atoms with Gasteiger partial charge in [-0.25, -0.2) is 9.97 Å². The highest BCUT2D eigenvalue weighted by Crippen LogP contribution is 2.41. The number of benzene rings is 1. The third-order valence-electron chi connectivity index (χ3n) is 7.20. The van der Waals surface area contributed by atoms with Gasteiger partial charge in [0.25, 0.3) is 0 Å². The summed E-state index contributed by atoms with van der Waals surface area (Å²) >= 11 is 0. The Morgan fingerprint density at radius 1 is 1.11 bits per heavy atom. The molecule has 4 heterocycles. The first kappa shape index (κ1) is 24.6. The summed E-state index contributed by atoms with van der Waals surface area (Å²) in [5.74, 6) is 2.69. The van der Waals surface area contributed by atoms with E-state index in [4.69, 9.17) is 33.8 Å². The van der Waals surface area contributed by atoms with Crippen molar-refractivity contribution in [3.8, 4) is 16.9 Å². The van der Waals surface area contributed by atoms with Gasteiger partial charge in [0.2, 0.25) is 0 Å². The van der Waals surface area contributed by atoms with Crippen molar-refractivity contribution in [2.45, 2.75) is 45.6 Å². The first-order valence-corrected chi connectivity index (χ1v) is 12.9. The minimum absolute atomic E-state index is 0.300. The Hall–Kier alpha value is -3.76. The fraction of sp³-hybridized carbons (Fsp3) is 0.429. The number of methoxy groups -OCH3 is 2. The number of hydrogen-bond acceptors (Lipinski definition) is 8. The lowest BCUT2D eigenvalue weighted by Gasteiger charge is -2.10. The molecule has 1 aliphatic carbocycles. The first-order valence-electron chi connectivity index (χ1n) is 12.9. The third kappa shape index (κ3) is 4.43. The number of hydrogen-bond donors (Lipinski definition) is 1. The van der Waals surface area contributed by atoms with Gasteiger partial charge in [0.05, 0.1) is 43.0 Å². The molecule has 1 N–H and O–H groups in total. The summed E-state index contributed by atoms with van der Waals surface area (Å²) in [6.07, 6.45) is 3.06. The second kappa shape index (κ2) is 9.85. The first-order chi connectivity index (χ1) is 18.5. The Kier molecular flexibility index (Phi) is 6.37. The molecule has 38 heavy (non-hydrogen) atoms. The molecule has 0 bridgehead atoms. The molecule has 0 amide bonds. The average Bonchev–Trinajstić information content (AvgIpc) is 3.49. The smallest absolute Gasteiger partial charge is 0.156 e. The van der Waals surface area contributed by atoms with Crippen LogP contribution in [-0.2, 0) is 29.5 Å². The monoisotopic (exact) mass is 516 g/mol. The van der Waals surface area contributed by atoms with Crippen LogP contribution in [0.2, 0.25) is 0 Å². The maximum atomic E-state index is 5.85. The number of fused-ring (bicyclic) bond motifs is 3. The Labute approximate surface area is 220 Å². The van der Waals surface area contributed by atoms with Crippen molar-refractivity contribution in [3.63, 3.8) is 0 Å². The van der Waals surface area contributed by atoms with E-state index < -0.39 is 0 Å². The molecule has 10 heteroatoms. The molecule has 0 aliphatic heterocycles. The summed E-state index contributed by atoms with van der Waals surface area (Å²) in [5, 5.41) is 10.9. The molecule has 0 unspecified atom stereocenters. The second-order valence-electron chi connectivity index (χ2n) is 9.91. The topological polar surface area (TPSA) is 113 Å². The number of rotatable bonds is 10. The molecule has 1 fully saturated rings. The number of nitrogens with zero attached hydrogens (tertiary/aromatic N) is 5. The highest BCUT2D eigenvalue weighted by molar-refractivity contribution is 6.09.